The monoisotopic (exact) mass is 318 g/mol. The van der Waals surface area contributed by atoms with Gasteiger partial charge < -0.3 is 5.32 Å². The average Bonchev–Trinajstić information content (AvgIpc) is 2.42. The van der Waals surface area contributed by atoms with E-state index in [1.807, 2.05) is 30.3 Å². The third-order valence-electron chi connectivity index (χ3n) is 2.72. The zero-order valence-corrected chi connectivity index (χ0v) is 12.3. The van der Waals surface area contributed by atoms with Gasteiger partial charge in [0.25, 0.3) is 5.91 Å². The van der Waals surface area contributed by atoms with Crippen molar-refractivity contribution in [2.24, 2.45) is 0 Å². The standard InChI is InChI=1S/C15H15BrN2O/c1-2-3-11-4-6-12(7-5-11)15(19)18-14-9-8-13(16)10-17-14/h4-10H,2-3H2,1H3,(H,17,18,19). The Bertz CT molecular complexity index is 549. The summed E-state index contributed by atoms with van der Waals surface area (Å²) in [5.41, 5.74) is 1.89. The Labute approximate surface area is 121 Å². The summed E-state index contributed by atoms with van der Waals surface area (Å²) in [7, 11) is 0. The second kappa shape index (κ2) is 6.48. The minimum absolute atomic E-state index is 0.141. The van der Waals surface area contributed by atoms with Crippen LogP contribution in [0.2, 0.25) is 0 Å². The van der Waals surface area contributed by atoms with Gasteiger partial charge in [0.1, 0.15) is 5.82 Å². The Morgan fingerprint density at radius 2 is 1.95 bits per heavy atom. The second-order valence-corrected chi connectivity index (χ2v) is 5.18. The van der Waals surface area contributed by atoms with Crippen LogP contribution in [0.1, 0.15) is 29.3 Å². The van der Waals surface area contributed by atoms with Gasteiger partial charge in [0.05, 0.1) is 0 Å². The zero-order chi connectivity index (χ0) is 13.7. The molecule has 98 valence electrons. The number of aryl methyl sites for hydroxylation is 1. The zero-order valence-electron chi connectivity index (χ0n) is 10.7. The summed E-state index contributed by atoms with van der Waals surface area (Å²) in [4.78, 5) is 16.1. The highest BCUT2D eigenvalue weighted by molar-refractivity contribution is 9.10. The molecule has 3 nitrogen and oxygen atoms in total. The summed E-state index contributed by atoms with van der Waals surface area (Å²) in [5, 5.41) is 2.77. The number of carbonyl (C=O) groups excluding carboxylic acids is 1. The molecule has 0 aliphatic heterocycles. The minimum Gasteiger partial charge on any atom is -0.307 e. The number of anilines is 1. The van der Waals surface area contributed by atoms with Crippen molar-refractivity contribution < 1.29 is 4.79 Å². The highest BCUT2D eigenvalue weighted by atomic mass is 79.9. The Morgan fingerprint density at radius 3 is 2.53 bits per heavy atom. The largest absolute Gasteiger partial charge is 0.307 e. The third-order valence-corrected chi connectivity index (χ3v) is 3.19. The average molecular weight is 319 g/mol. The Morgan fingerprint density at radius 1 is 1.21 bits per heavy atom. The smallest absolute Gasteiger partial charge is 0.256 e. The summed E-state index contributed by atoms with van der Waals surface area (Å²) in [6, 6.07) is 11.3. The molecule has 2 aromatic rings. The topological polar surface area (TPSA) is 42.0 Å². The van der Waals surface area contributed by atoms with E-state index in [9.17, 15) is 4.79 Å². The van der Waals surface area contributed by atoms with E-state index in [1.54, 1.807) is 12.3 Å². The minimum atomic E-state index is -0.141. The van der Waals surface area contributed by atoms with E-state index in [2.05, 4.69) is 33.2 Å². The molecule has 4 heteroatoms. The number of halogens is 1. The van der Waals surface area contributed by atoms with E-state index in [0.717, 1.165) is 17.3 Å². The van der Waals surface area contributed by atoms with Gasteiger partial charge in [-0.25, -0.2) is 4.98 Å². The molecule has 0 aliphatic carbocycles. The highest BCUT2D eigenvalue weighted by Crippen LogP contribution is 2.12. The molecule has 0 fully saturated rings. The molecule has 0 unspecified atom stereocenters. The number of benzene rings is 1. The molecule has 0 radical (unpaired) electrons. The van der Waals surface area contributed by atoms with Crippen LogP contribution in [0.3, 0.4) is 0 Å². The molecular formula is C15H15BrN2O. The number of pyridine rings is 1. The molecule has 1 aromatic carbocycles. The number of hydrogen-bond donors (Lipinski definition) is 1. The van der Waals surface area contributed by atoms with Crippen LogP contribution in [0.15, 0.2) is 47.1 Å². The van der Waals surface area contributed by atoms with Gasteiger partial charge in [-0.05, 0) is 52.2 Å². The fourth-order valence-electron chi connectivity index (χ4n) is 1.75. The maximum absolute atomic E-state index is 12.0. The van der Waals surface area contributed by atoms with Gasteiger partial charge in [-0.1, -0.05) is 25.5 Å². The molecule has 1 N–H and O–H groups in total. The lowest BCUT2D eigenvalue weighted by atomic mass is 10.1. The van der Waals surface area contributed by atoms with Crippen LogP contribution in [-0.2, 0) is 6.42 Å². The summed E-state index contributed by atoms with van der Waals surface area (Å²) >= 11 is 3.30. The SMILES string of the molecule is CCCc1ccc(C(=O)Nc2ccc(Br)cn2)cc1. The van der Waals surface area contributed by atoms with Crippen molar-refractivity contribution in [1.29, 1.82) is 0 Å². The normalized spacial score (nSPS) is 10.2. The van der Waals surface area contributed by atoms with Gasteiger partial charge in [0.15, 0.2) is 0 Å². The van der Waals surface area contributed by atoms with E-state index in [1.165, 1.54) is 5.56 Å². The summed E-state index contributed by atoms with van der Waals surface area (Å²) in [6.45, 7) is 2.14. The van der Waals surface area contributed by atoms with E-state index in [0.29, 0.717) is 11.4 Å². The number of carbonyl (C=O) groups is 1. The molecule has 0 atom stereocenters. The summed E-state index contributed by atoms with van der Waals surface area (Å²) in [5.74, 6) is 0.406. The molecule has 1 aromatic heterocycles. The van der Waals surface area contributed by atoms with E-state index >= 15 is 0 Å². The molecular weight excluding hydrogens is 304 g/mol. The number of rotatable bonds is 4. The Balaban J connectivity index is 2.05. The van der Waals surface area contributed by atoms with Crippen molar-refractivity contribution in [3.63, 3.8) is 0 Å². The molecule has 0 bridgehead atoms. The van der Waals surface area contributed by atoms with Crippen molar-refractivity contribution in [1.82, 2.24) is 4.98 Å². The summed E-state index contributed by atoms with van der Waals surface area (Å²) < 4.78 is 0.884. The Kier molecular flexibility index (Phi) is 4.68. The predicted octanol–water partition coefficient (Wildman–Crippen LogP) is 4.05. The number of aromatic nitrogens is 1. The first-order chi connectivity index (χ1) is 9.19. The third kappa shape index (κ3) is 3.89. The van der Waals surface area contributed by atoms with Gasteiger partial charge in [-0.15, -0.1) is 0 Å². The molecule has 0 spiro atoms. The maximum Gasteiger partial charge on any atom is 0.256 e. The van der Waals surface area contributed by atoms with Gasteiger partial charge in [0.2, 0.25) is 0 Å². The second-order valence-electron chi connectivity index (χ2n) is 4.26. The van der Waals surface area contributed by atoms with Crippen LogP contribution in [0, 0.1) is 0 Å². The van der Waals surface area contributed by atoms with Crippen LogP contribution in [0.25, 0.3) is 0 Å². The fraction of sp³-hybridized carbons (Fsp3) is 0.200. The molecule has 2 rings (SSSR count). The molecule has 1 heterocycles. The van der Waals surface area contributed by atoms with Crippen LogP contribution in [0.5, 0.6) is 0 Å². The lowest BCUT2D eigenvalue weighted by Gasteiger charge is -2.05. The number of nitrogens with one attached hydrogen (secondary N) is 1. The maximum atomic E-state index is 12.0. The van der Waals surface area contributed by atoms with Gasteiger partial charge in [-0.2, -0.15) is 0 Å². The van der Waals surface area contributed by atoms with Crippen LogP contribution in [-0.4, -0.2) is 10.9 Å². The van der Waals surface area contributed by atoms with Gasteiger partial charge in [0, 0.05) is 16.2 Å². The van der Waals surface area contributed by atoms with E-state index < -0.39 is 0 Å². The van der Waals surface area contributed by atoms with Crippen LogP contribution in [0.4, 0.5) is 5.82 Å². The molecule has 0 saturated carbocycles. The molecule has 1 amide bonds. The molecule has 19 heavy (non-hydrogen) atoms. The number of nitrogens with zero attached hydrogens (tertiary/aromatic N) is 1. The van der Waals surface area contributed by atoms with Gasteiger partial charge >= 0.3 is 0 Å². The van der Waals surface area contributed by atoms with Crippen molar-refractivity contribution in [2.75, 3.05) is 5.32 Å². The van der Waals surface area contributed by atoms with Crippen molar-refractivity contribution in [3.05, 3.63) is 58.2 Å². The van der Waals surface area contributed by atoms with E-state index in [-0.39, 0.29) is 5.91 Å². The van der Waals surface area contributed by atoms with Crippen LogP contribution >= 0.6 is 15.9 Å². The molecule has 0 aliphatic rings. The van der Waals surface area contributed by atoms with E-state index in [4.69, 9.17) is 0 Å². The summed E-state index contributed by atoms with van der Waals surface area (Å²) in [6.07, 6.45) is 3.80. The van der Waals surface area contributed by atoms with Crippen molar-refractivity contribution >= 4 is 27.7 Å². The van der Waals surface area contributed by atoms with Crippen molar-refractivity contribution in [3.8, 4) is 0 Å². The lowest BCUT2D eigenvalue weighted by molar-refractivity contribution is 0.102. The Hall–Kier alpha value is -1.68. The van der Waals surface area contributed by atoms with Gasteiger partial charge in [-0.3, -0.25) is 4.79 Å². The lowest BCUT2D eigenvalue weighted by Crippen LogP contribution is -2.12. The fourth-order valence-corrected chi connectivity index (χ4v) is 1.98. The number of hydrogen-bond acceptors (Lipinski definition) is 2. The predicted molar refractivity (Wildman–Crippen MR) is 80.3 cm³/mol. The quantitative estimate of drug-likeness (QED) is 0.924. The number of amides is 1. The van der Waals surface area contributed by atoms with Crippen molar-refractivity contribution in [2.45, 2.75) is 19.8 Å². The highest BCUT2D eigenvalue weighted by Gasteiger charge is 2.06. The molecule has 0 saturated heterocycles. The van der Waals surface area contributed by atoms with Crippen LogP contribution < -0.4 is 5.32 Å². The first-order valence-electron chi connectivity index (χ1n) is 6.21. The first kappa shape index (κ1) is 13.7. The first-order valence-corrected chi connectivity index (χ1v) is 7.00.